The van der Waals surface area contributed by atoms with E-state index in [9.17, 15) is 14.3 Å². The Bertz CT molecular complexity index is 1320. The standard InChI is InChI=1S/C28H23FN2O3S/c1-2-34-27(33)23-24(19-13-15-21(29)16-14-19)30-28-31(25(23)20-11-7-4-8-12-20)26(32)22(35-28)17-18-9-5-3-6-10-18/h3-17,25-26,32H,2H2,1H3/b22-17+. The van der Waals surface area contributed by atoms with Gasteiger partial charge in [0.15, 0.2) is 11.4 Å². The highest BCUT2D eigenvalue weighted by atomic mass is 32.2. The van der Waals surface area contributed by atoms with Gasteiger partial charge in [-0.25, -0.2) is 14.2 Å². The van der Waals surface area contributed by atoms with Gasteiger partial charge in [-0.15, -0.1) is 0 Å². The van der Waals surface area contributed by atoms with Crippen LogP contribution in [0.2, 0.25) is 0 Å². The zero-order valence-electron chi connectivity index (χ0n) is 19.0. The Morgan fingerprint density at radius 1 is 1.06 bits per heavy atom. The predicted octanol–water partition coefficient (Wildman–Crippen LogP) is 5.62. The van der Waals surface area contributed by atoms with Crippen LogP contribution in [0.3, 0.4) is 0 Å². The molecule has 1 N–H and O–H groups in total. The average molecular weight is 487 g/mol. The van der Waals surface area contributed by atoms with Gasteiger partial charge in [0.25, 0.3) is 0 Å². The lowest BCUT2D eigenvalue weighted by Gasteiger charge is -2.36. The van der Waals surface area contributed by atoms with Gasteiger partial charge in [0.2, 0.25) is 0 Å². The van der Waals surface area contributed by atoms with Crippen LogP contribution in [0.4, 0.5) is 4.39 Å². The van der Waals surface area contributed by atoms with Crippen molar-refractivity contribution in [3.63, 3.8) is 0 Å². The normalized spacial score (nSPS) is 20.6. The van der Waals surface area contributed by atoms with E-state index < -0.39 is 18.2 Å². The van der Waals surface area contributed by atoms with Gasteiger partial charge in [-0.3, -0.25) is 0 Å². The summed E-state index contributed by atoms with van der Waals surface area (Å²) in [4.78, 5) is 20.6. The van der Waals surface area contributed by atoms with Crippen LogP contribution in [0, 0.1) is 5.82 Å². The Labute approximate surface area is 207 Å². The van der Waals surface area contributed by atoms with E-state index >= 15 is 0 Å². The van der Waals surface area contributed by atoms with Crippen LogP contribution in [-0.2, 0) is 9.53 Å². The summed E-state index contributed by atoms with van der Waals surface area (Å²) in [5.41, 5.74) is 3.06. The van der Waals surface area contributed by atoms with Crippen molar-refractivity contribution < 1.29 is 19.0 Å². The average Bonchev–Trinajstić information content (AvgIpc) is 3.19. The molecule has 0 aliphatic carbocycles. The molecular weight excluding hydrogens is 463 g/mol. The van der Waals surface area contributed by atoms with Gasteiger partial charge in [-0.2, -0.15) is 0 Å². The van der Waals surface area contributed by atoms with Crippen LogP contribution in [0.1, 0.15) is 29.7 Å². The van der Waals surface area contributed by atoms with E-state index in [1.165, 1.54) is 23.9 Å². The summed E-state index contributed by atoms with van der Waals surface area (Å²) in [6.45, 7) is 1.93. The van der Waals surface area contributed by atoms with Gasteiger partial charge in [0.05, 0.1) is 23.9 Å². The molecule has 0 aromatic heterocycles. The molecule has 2 aliphatic rings. The predicted molar refractivity (Wildman–Crippen MR) is 136 cm³/mol. The van der Waals surface area contributed by atoms with Crippen molar-refractivity contribution in [3.8, 4) is 0 Å². The largest absolute Gasteiger partial charge is 0.463 e. The van der Waals surface area contributed by atoms with Crippen LogP contribution < -0.4 is 0 Å². The molecule has 5 rings (SSSR count). The number of fused-ring (bicyclic) bond motifs is 1. The Kier molecular flexibility index (Phi) is 6.53. The summed E-state index contributed by atoms with van der Waals surface area (Å²) in [7, 11) is 0. The number of aliphatic hydroxyl groups excluding tert-OH is 1. The van der Waals surface area contributed by atoms with Crippen LogP contribution in [0.5, 0.6) is 0 Å². The van der Waals surface area contributed by atoms with Gasteiger partial charge < -0.3 is 14.7 Å². The number of benzene rings is 3. The molecule has 0 bridgehead atoms. The lowest BCUT2D eigenvalue weighted by Crippen LogP contribution is -2.41. The van der Waals surface area contributed by atoms with E-state index in [2.05, 4.69) is 0 Å². The minimum atomic E-state index is -1.01. The molecule has 35 heavy (non-hydrogen) atoms. The first-order valence-corrected chi connectivity index (χ1v) is 12.1. The summed E-state index contributed by atoms with van der Waals surface area (Å²) >= 11 is 1.35. The molecule has 0 amide bonds. The number of aliphatic imine (C=N–C) groups is 1. The lowest BCUT2D eigenvalue weighted by molar-refractivity contribution is -0.139. The number of halogens is 1. The zero-order valence-corrected chi connectivity index (χ0v) is 19.8. The molecule has 1 saturated heterocycles. The van der Waals surface area contributed by atoms with Crippen LogP contribution in [0.15, 0.2) is 100 Å². The van der Waals surface area contributed by atoms with Crippen molar-refractivity contribution >= 4 is 34.7 Å². The van der Waals surface area contributed by atoms with E-state index in [1.54, 1.807) is 24.0 Å². The van der Waals surface area contributed by atoms with Gasteiger partial charge in [0.1, 0.15) is 5.82 Å². The maximum atomic E-state index is 13.7. The smallest absolute Gasteiger partial charge is 0.338 e. The first-order valence-electron chi connectivity index (χ1n) is 11.3. The highest BCUT2D eigenvalue weighted by Crippen LogP contribution is 2.49. The fraction of sp³-hybridized carbons (Fsp3) is 0.143. The molecule has 7 heteroatoms. The molecular formula is C28H23FN2O3S. The molecule has 0 radical (unpaired) electrons. The number of rotatable bonds is 5. The van der Waals surface area contributed by atoms with Crippen molar-refractivity contribution in [2.75, 3.05) is 6.61 Å². The van der Waals surface area contributed by atoms with Gasteiger partial charge in [0, 0.05) is 10.5 Å². The number of nitrogens with zero attached hydrogens (tertiary/aromatic N) is 2. The molecule has 176 valence electrons. The number of esters is 1. The molecule has 2 heterocycles. The molecule has 2 atom stereocenters. The highest BCUT2D eigenvalue weighted by molar-refractivity contribution is 8.17. The van der Waals surface area contributed by atoms with Crippen molar-refractivity contribution in [2.24, 2.45) is 4.99 Å². The number of ether oxygens (including phenoxy) is 1. The Hall–Kier alpha value is -3.68. The minimum Gasteiger partial charge on any atom is -0.463 e. The second kappa shape index (κ2) is 9.90. The number of aliphatic hydroxyl groups is 1. The third kappa shape index (κ3) is 4.52. The maximum Gasteiger partial charge on any atom is 0.338 e. The Morgan fingerprint density at radius 2 is 1.71 bits per heavy atom. The molecule has 0 saturated carbocycles. The summed E-state index contributed by atoms with van der Waals surface area (Å²) in [6, 6.07) is 24.4. The SMILES string of the molecule is CCOC(=O)C1=C(c2ccc(F)cc2)N=C2S/C(=C/c3ccccc3)C(O)N2C1c1ccccc1. The second-order valence-corrected chi connectivity index (χ2v) is 9.08. The van der Waals surface area contributed by atoms with Gasteiger partial charge >= 0.3 is 5.97 Å². The zero-order chi connectivity index (χ0) is 24.4. The fourth-order valence-corrected chi connectivity index (χ4v) is 5.31. The lowest BCUT2D eigenvalue weighted by atomic mass is 9.91. The van der Waals surface area contributed by atoms with E-state index in [0.717, 1.165) is 11.1 Å². The van der Waals surface area contributed by atoms with Gasteiger partial charge in [-0.05, 0) is 48.4 Å². The van der Waals surface area contributed by atoms with Crippen molar-refractivity contribution in [1.29, 1.82) is 0 Å². The van der Waals surface area contributed by atoms with Gasteiger partial charge in [-0.1, -0.05) is 72.4 Å². The third-order valence-corrected chi connectivity index (χ3v) is 6.85. The van der Waals surface area contributed by atoms with Crippen molar-refractivity contribution in [2.45, 2.75) is 19.2 Å². The fourth-order valence-electron chi connectivity index (χ4n) is 4.23. The van der Waals surface area contributed by atoms with Crippen molar-refractivity contribution in [1.82, 2.24) is 4.90 Å². The quantitative estimate of drug-likeness (QED) is 0.475. The Balaban J connectivity index is 1.70. The Morgan fingerprint density at radius 3 is 2.37 bits per heavy atom. The third-order valence-electron chi connectivity index (χ3n) is 5.80. The maximum absolute atomic E-state index is 13.7. The van der Waals surface area contributed by atoms with Crippen LogP contribution in [-0.4, -0.2) is 34.0 Å². The van der Waals surface area contributed by atoms with E-state index in [4.69, 9.17) is 9.73 Å². The number of amidine groups is 1. The molecule has 3 aromatic rings. The monoisotopic (exact) mass is 486 g/mol. The van der Waals surface area contributed by atoms with Crippen LogP contribution >= 0.6 is 11.8 Å². The summed E-state index contributed by atoms with van der Waals surface area (Å²) in [6.07, 6.45) is 0.906. The van der Waals surface area contributed by atoms with E-state index in [1.807, 2.05) is 66.7 Å². The van der Waals surface area contributed by atoms with E-state index in [0.29, 0.717) is 26.9 Å². The summed E-state index contributed by atoms with van der Waals surface area (Å²) in [5, 5.41) is 12.0. The molecule has 2 aliphatic heterocycles. The van der Waals surface area contributed by atoms with Crippen molar-refractivity contribution in [3.05, 3.63) is 118 Å². The molecule has 5 nitrogen and oxygen atoms in total. The number of hydrogen-bond acceptors (Lipinski definition) is 6. The number of carbonyl (C=O) groups excluding carboxylic acids is 1. The highest BCUT2D eigenvalue weighted by Gasteiger charge is 2.46. The van der Waals surface area contributed by atoms with E-state index in [-0.39, 0.29) is 12.4 Å². The second-order valence-electron chi connectivity index (χ2n) is 8.04. The summed E-state index contributed by atoms with van der Waals surface area (Å²) in [5.74, 6) is -0.906. The number of hydrogen-bond donors (Lipinski definition) is 1. The number of thioether (sulfide) groups is 1. The molecule has 1 fully saturated rings. The minimum absolute atomic E-state index is 0.188. The van der Waals surface area contributed by atoms with Crippen LogP contribution in [0.25, 0.3) is 11.8 Å². The molecule has 0 spiro atoms. The molecule has 2 unspecified atom stereocenters. The first-order chi connectivity index (χ1) is 17.1. The topological polar surface area (TPSA) is 62.1 Å². The number of carbonyl (C=O) groups is 1. The first kappa shape index (κ1) is 23.1. The molecule has 3 aromatic carbocycles. The summed E-state index contributed by atoms with van der Waals surface area (Å²) < 4.78 is 19.1.